The van der Waals surface area contributed by atoms with Crippen LogP contribution in [0.15, 0.2) is 0 Å². The zero-order valence-corrected chi connectivity index (χ0v) is 12.4. The van der Waals surface area contributed by atoms with Crippen molar-refractivity contribution in [2.24, 2.45) is 17.6 Å². The number of aliphatic carboxylic acids is 1. The first-order chi connectivity index (χ1) is 9.43. The third kappa shape index (κ3) is 2.97. The topological polar surface area (TPSA) is 83.6 Å². The largest absolute Gasteiger partial charge is 0.481 e. The Hall–Kier alpha value is -1.10. The first-order valence-electron chi connectivity index (χ1n) is 7.73. The van der Waals surface area contributed by atoms with Crippen LogP contribution in [0.1, 0.15) is 52.4 Å². The zero-order chi connectivity index (χ0) is 14.9. The Morgan fingerprint density at radius 1 is 1.30 bits per heavy atom. The van der Waals surface area contributed by atoms with E-state index in [1.165, 1.54) is 0 Å². The Bertz CT molecular complexity index is 371. The molecule has 4 atom stereocenters. The second kappa shape index (κ2) is 6.12. The van der Waals surface area contributed by atoms with Gasteiger partial charge in [0.25, 0.3) is 0 Å². The average molecular weight is 282 g/mol. The summed E-state index contributed by atoms with van der Waals surface area (Å²) in [4.78, 5) is 25.4. The molecule has 0 saturated carbocycles. The van der Waals surface area contributed by atoms with Crippen molar-refractivity contribution in [3.05, 3.63) is 0 Å². The monoisotopic (exact) mass is 282 g/mol. The van der Waals surface area contributed by atoms with Crippen LogP contribution in [-0.2, 0) is 9.59 Å². The molecule has 5 heteroatoms. The van der Waals surface area contributed by atoms with Gasteiger partial charge in [0.2, 0.25) is 5.91 Å². The fourth-order valence-corrected chi connectivity index (χ4v) is 3.73. The van der Waals surface area contributed by atoms with Gasteiger partial charge in [-0.15, -0.1) is 0 Å². The van der Waals surface area contributed by atoms with Gasteiger partial charge in [0.1, 0.15) is 0 Å². The van der Waals surface area contributed by atoms with E-state index in [1.807, 2.05) is 18.7 Å². The van der Waals surface area contributed by atoms with Crippen molar-refractivity contribution in [2.75, 3.05) is 0 Å². The summed E-state index contributed by atoms with van der Waals surface area (Å²) in [5.74, 6) is -0.251. The number of nitrogens with zero attached hydrogens (tertiary/aromatic N) is 1. The van der Waals surface area contributed by atoms with Gasteiger partial charge in [-0.25, -0.2) is 0 Å². The highest BCUT2D eigenvalue weighted by Gasteiger charge is 2.45. The van der Waals surface area contributed by atoms with Crippen LogP contribution in [-0.4, -0.2) is 40.0 Å². The number of rotatable bonds is 5. The maximum Gasteiger partial charge on any atom is 0.303 e. The lowest BCUT2D eigenvalue weighted by Crippen LogP contribution is -2.54. The lowest BCUT2D eigenvalue weighted by molar-refractivity contribution is -0.141. The van der Waals surface area contributed by atoms with Gasteiger partial charge in [-0.05, 0) is 37.5 Å². The molecule has 0 aliphatic carbocycles. The molecule has 2 aliphatic heterocycles. The summed E-state index contributed by atoms with van der Waals surface area (Å²) in [6, 6.07) is 0.000496. The van der Waals surface area contributed by atoms with E-state index < -0.39 is 12.0 Å². The lowest BCUT2D eigenvalue weighted by Gasteiger charge is -2.40. The molecular weight excluding hydrogens is 256 g/mol. The summed E-state index contributed by atoms with van der Waals surface area (Å²) in [6.45, 7) is 4.06. The summed E-state index contributed by atoms with van der Waals surface area (Å²) in [5, 5.41) is 8.93. The molecule has 2 saturated heterocycles. The molecule has 2 bridgehead atoms. The van der Waals surface area contributed by atoms with Crippen LogP contribution in [0.4, 0.5) is 0 Å². The molecule has 5 nitrogen and oxygen atoms in total. The second-order valence-corrected chi connectivity index (χ2v) is 6.48. The molecule has 2 fully saturated rings. The predicted molar refractivity (Wildman–Crippen MR) is 76.1 cm³/mol. The number of amides is 1. The van der Waals surface area contributed by atoms with Gasteiger partial charge in [0.05, 0.1) is 6.04 Å². The lowest BCUT2D eigenvalue weighted by atomic mass is 9.87. The molecule has 0 aromatic carbocycles. The van der Waals surface area contributed by atoms with Crippen molar-refractivity contribution in [3.63, 3.8) is 0 Å². The predicted octanol–water partition coefficient (Wildman–Crippen LogP) is 1.60. The quantitative estimate of drug-likeness (QED) is 0.802. The third-order valence-corrected chi connectivity index (χ3v) is 5.09. The highest BCUT2D eigenvalue weighted by atomic mass is 16.4. The van der Waals surface area contributed by atoms with Crippen LogP contribution in [0.5, 0.6) is 0 Å². The van der Waals surface area contributed by atoms with Crippen molar-refractivity contribution in [1.29, 1.82) is 0 Å². The normalized spacial score (nSPS) is 31.9. The molecule has 0 radical (unpaired) electrons. The van der Waals surface area contributed by atoms with Crippen molar-refractivity contribution < 1.29 is 14.7 Å². The molecule has 3 N–H and O–H groups in total. The van der Waals surface area contributed by atoms with E-state index in [0.29, 0.717) is 0 Å². The number of piperidine rings is 1. The van der Waals surface area contributed by atoms with Gasteiger partial charge in [-0.2, -0.15) is 0 Å². The Kier molecular flexibility index (Phi) is 4.68. The third-order valence-electron chi connectivity index (χ3n) is 5.09. The first-order valence-corrected chi connectivity index (χ1v) is 7.73. The van der Waals surface area contributed by atoms with Crippen LogP contribution < -0.4 is 5.73 Å². The van der Waals surface area contributed by atoms with E-state index in [0.717, 1.165) is 32.1 Å². The highest BCUT2D eigenvalue weighted by molar-refractivity contribution is 5.83. The van der Waals surface area contributed by atoms with Crippen LogP contribution in [0, 0.1) is 11.8 Å². The summed E-state index contributed by atoms with van der Waals surface area (Å²) in [5.41, 5.74) is 6.08. The average Bonchev–Trinajstić information content (AvgIpc) is 2.67. The number of carbonyl (C=O) groups excluding carboxylic acids is 1. The number of hydrogen-bond acceptors (Lipinski definition) is 3. The number of fused-ring (bicyclic) bond motifs is 2. The molecule has 114 valence electrons. The van der Waals surface area contributed by atoms with Crippen molar-refractivity contribution in [1.82, 2.24) is 4.90 Å². The van der Waals surface area contributed by atoms with E-state index in [-0.39, 0.29) is 36.2 Å². The molecule has 2 heterocycles. The Morgan fingerprint density at radius 2 is 1.85 bits per heavy atom. The van der Waals surface area contributed by atoms with Crippen molar-refractivity contribution >= 4 is 11.9 Å². The molecule has 2 aliphatic rings. The van der Waals surface area contributed by atoms with E-state index in [4.69, 9.17) is 10.8 Å². The molecule has 0 aromatic heterocycles. The summed E-state index contributed by atoms with van der Waals surface area (Å²) < 4.78 is 0. The Morgan fingerprint density at radius 3 is 2.30 bits per heavy atom. The van der Waals surface area contributed by atoms with E-state index in [1.54, 1.807) is 0 Å². The highest BCUT2D eigenvalue weighted by Crippen LogP contribution is 2.40. The summed E-state index contributed by atoms with van der Waals surface area (Å²) in [7, 11) is 0. The molecule has 2 rings (SSSR count). The Labute approximate surface area is 120 Å². The number of carboxylic acid groups (broad SMARTS) is 1. The van der Waals surface area contributed by atoms with Gasteiger partial charge in [-0.3, -0.25) is 9.59 Å². The standard InChI is InChI=1S/C15H26N2O3/c1-3-9(2)14(16)15(20)17-11-4-5-12(17)7-10(6-11)8-13(18)19/h9-12,14H,3-8,16H2,1-2H3,(H,18,19)/t9-,10?,11?,12?,14-/m0/s1. The molecule has 20 heavy (non-hydrogen) atoms. The number of carbonyl (C=O) groups is 2. The maximum absolute atomic E-state index is 12.6. The van der Waals surface area contributed by atoms with E-state index >= 15 is 0 Å². The van der Waals surface area contributed by atoms with Crippen molar-refractivity contribution in [2.45, 2.75) is 70.5 Å². The number of hydrogen-bond donors (Lipinski definition) is 2. The molecule has 0 spiro atoms. The minimum atomic E-state index is -0.731. The number of carboxylic acids is 1. The van der Waals surface area contributed by atoms with Gasteiger partial charge in [0.15, 0.2) is 0 Å². The van der Waals surface area contributed by atoms with Crippen molar-refractivity contribution in [3.8, 4) is 0 Å². The van der Waals surface area contributed by atoms with Gasteiger partial charge >= 0.3 is 5.97 Å². The maximum atomic E-state index is 12.6. The molecule has 1 amide bonds. The van der Waals surface area contributed by atoms with Gasteiger partial charge in [0, 0.05) is 18.5 Å². The zero-order valence-electron chi connectivity index (χ0n) is 12.4. The van der Waals surface area contributed by atoms with Crippen LogP contribution >= 0.6 is 0 Å². The molecule has 0 aromatic rings. The van der Waals surface area contributed by atoms with Crippen LogP contribution in [0.2, 0.25) is 0 Å². The molecule has 2 unspecified atom stereocenters. The second-order valence-electron chi connectivity index (χ2n) is 6.48. The van der Waals surface area contributed by atoms with E-state index in [9.17, 15) is 9.59 Å². The fourth-order valence-electron chi connectivity index (χ4n) is 3.73. The van der Waals surface area contributed by atoms with E-state index in [2.05, 4.69) is 0 Å². The smallest absolute Gasteiger partial charge is 0.303 e. The first kappa shape index (κ1) is 15.3. The minimum absolute atomic E-state index is 0.0700. The van der Waals surface area contributed by atoms with Gasteiger partial charge < -0.3 is 15.7 Å². The van der Waals surface area contributed by atoms with Crippen LogP contribution in [0.25, 0.3) is 0 Å². The van der Waals surface area contributed by atoms with Crippen LogP contribution in [0.3, 0.4) is 0 Å². The minimum Gasteiger partial charge on any atom is -0.481 e. The summed E-state index contributed by atoms with van der Waals surface area (Å²) in [6.07, 6.45) is 4.77. The fraction of sp³-hybridized carbons (Fsp3) is 0.867. The summed E-state index contributed by atoms with van der Waals surface area (Å²) >= 11 is 0. The Balaban J connectivity index is 2.02. The molecular formula is C15H26N2O3. The van der Waals surface area contributed by atoms with Gasteiger partial charge in [-0.1, -0.05) is 20.3 Å². The number of nitrogens with two attached hydrogens (primary N) is 1. The SMILES string of the molecule is CC[C@H](C)[C@H](N)C(=O)N1C2CCC1CC(CC(=O)O)C2.